The summed E-state index contributed by atoms with van der Waals surface area (Å²) in [6, 6.07) is 7.91. The maximum absolute atomic E-state index is 13.1. The molecule has 0 atom stereocenters. The normalized spacial score (nSPS) is 20.1. The first-order valence-corrected chi connectivity index (χ1v) is 11.5. The van der Waals surface area contributed by atoms with Crippen LogP contribution in [0, 0.1) is 11.3 Å². The lowest BCUT2D eigenvalue weighted by Crippen LogP contribution is -2.43. The minimum Gasteiger partial charge on any atom is -0.382 e. The molecule has 172 valence electrons. The molecule has 2 amide bonds. The quantitative estimate of drug-likeness (QED) is 0.512. The zero-order valence-electron chi connectivity index (χ0n) is 18.7. The van der Waals surface area contributed by atoms with Gasteiger partial charge in [-0.15, -0.1) is 0 Å². The van der Waals surface area contributed by atoms with Crippen LogP contribution in [0.1, 0.15) is 67.8 Å². The highest BCUT2D eigenvalue weighted by molar-refractivity contribution is 6.00. The van der Waals surface area contributed by atoms with Crippen molar-refractivity contribution in [3.05, 3.63) is 41.7 Å². The van der Waals surface area contributed by atoms with E-state index in [4.69, 9.17) is 5.26 Å². The Kier molecular flexibility index (Phi) is 7.03. The van der Waals surface area contributed by atoms with Gasteiger partial charge < -0.3 is 21.3 Å². The SMILES string of the molecule is CC(=O)NC1CCC(NC(=O)c2cnc(Nc3ccc(C#N)cn3)cc2NC2CCC2)CC1. The highest BCUT2D eigenvalue weighted by Crippen LogP contribution is 2.28. The number of aromatic nitrogens is 2. The average Bonchev–Trinajstić information content (AvgIpc) is 2.78. The van der Waals surface area contributed by atoms with Crippen molar-refractivity contribution in [3.8, 4) is 6.07 Å². The van der Waals surface area contributed by atoms with Crippen LogP contribution in [-0.4, -0.2) is 39.9 Å². The summed E-state index contributed by atoms with van der Waals surface area (Å²) in [4.78, 5) is 33.0. The van der Waals surface area contributed by atoms with Crippen molar-refractivity contribution in [2.45, 2.75) is 70.0 Å². The number of anilines is 3. The minimum atomic E-state index is -0.143. The molecule has 0 spiro atoms. The van der Waals surface area contributed by atoms with Gasteiger partial charge in [0.25, 0.3) is 5.91 Å². The van der Waals surface area contributed by atoms with Crippen LogP contribution in [0.3, 0.4) is 0 Å². The van der Waals surface area contributed by atoms with Gasteiger partial charge in [-0.3, -0.25) is 9.59 Å². The van der Waals surface area contributed by atoms with Gasteiger partial charge in [0.1, 0.15) is 17.7 Å². The molecule has 2 aliphatic carbocycles. The number of carbonyl (C=O) groups is 2. The summed E-state index contributed by atoms with van der Waals surface area (Å²) in [5, 5.41) is 21.7. The molecule has 0 bridgehead atoms. The lowest BCUT2D eigenvalue weighted by atomic mass is 9.90. The van der Waals surface area contributed by atoms with Gasteiger partial charge in [-0.05, 0) is 57.1 Å². The van der Waals surface area contributed by atoms with Crippen LogP contribution < -0.4 is 21.3 Å². The van der Waals surface area contributed by atoms with Crippen LogP contribution in [0.2, 0.25) is 0 Å². The highest BCUT2D eigenvalue weighted by atomic mass is 16.2. The molecule has 9 heteroatoms. The molecule has 2 aromatic heterocycles. The molecule has 4 rings (SSSR count). The Morgan fingerprint density at radius 1 is 0.939 bits per heavy atom. The Labute approximate surface area is 193 Å². The number of hydrogen-bond donors (Lipinski definition) is 4. The second-order valence-electron chi connectivity index (χ2n) is 8.78. The molecule has 4 N–H and O–H groups in total. The fourth-order valence-electron chi connectivity index (χ4n) is 4.19. The Hall–Kier alpha value is -3.67. The third-order valence-electron chi connectivity index (χ3n) is 6.23. The van der Waals surface area contributed by atoms with Crippen molar-refractivity contribution >= 4 is 29.1 Å². The molecule has 0 aliphatic heterocycles. The molecule has 2 fully saturated rings. The molecule has 0 saturated heterocycles. The lowest BCUT2D eigenvalue weighted by molar-refractivity contribution is -0.119. The van der Waals surface area contributed by atoms with Crippen LogP contribution >= 0.6 is 0 Å². The lowest BCUT2D eigenvalue weighted by Gasteiger charge is -2.30. The van der Waals surface area contributed by atoms with Crippen LogP contribution in [0.25, 0.3) is 0 Å². The fraction of sp³-hybridized carbons (Fsp3) is 0.458. The molecule has 9 nitrogen and oxygen atoms in total. The number of amides is 2. The van der Waals surface area contributed by atoms with Crippen molar-refractivity contribution in [2.75, 3.05) is 10.6 Å². The van der Waals surface area contributed by atoms with Crippen LogP contribution in [-0.2, 0) is 4.79 Å². The van der Waals surface area contributed by atoms with Crippen LogP contribution in [0.4, 0.5) is 17.3 Å². The molecule has 2 heterocycles. The summed E-state index contributed by atoms with van der Waals surface area (Å²) in [6.45, 7) is 1.54. The van der Waals surface area contributed by atoms with Gasteiger partial charge in [0, 0.05) is 43.5 Å². The zero-order chi connectivity index (χ0) is 23.2. The predicted octanol–water partition coefficient (Wildman–Crippen LogP) is 3.23. The van der Waals surface area contributed by atoms with E-state index in [2.05, 4.69) is 31.2 Å². The van der Waals surface area contributed by atoms with Gasteiger partial charge in [-0.1, -0.05) is 0 Å². The summed E-state index contributed by atoms with van der Waals surface area (Å²) < 4.78 is 0. The second-order valence-corrected chi connectivity index (χ2v) is 8.78. The largest absolute Gasteiger partial charge is 0.382 e. The molecule has 33 heavy (non-hydrogen) atoms. The number of hydrogen-bond acceptors (Lipinski definition) is 7. The predicted molar refractivity (Wildman–Crippen MR) is 125 cm³/mol. The third-order valence-corrected chi connectivity index (χ3v) is 6.23. The number of nitriles is 1. The van der Waals surface area contributed by atoms with Gasteiger partial charge in [-0.25, -0.2) is 9.97 Å². The monoisotopic (exact) mass is 447 g/mol. The summed E-state index contributed by atoms with van der Waals surface area (Å²) >= 11 is 0. The van der Waals surface area contributed by atoms with E-state index >= 15 is 0 Å². The smallest absolute Gasteiger partial charge is 0.255 e. The molecule has 0 aromatic carbocycles. The van der Waals surface area contributed by atoms with E-state index in [9.17, 15) is 9.59 Å². The summed E-state index contributed by atoms with van der Waals surface area (Å²) in [6.07, 6.45) is 9.81. The van der Waals surface area contributed by atoms with E-state index in [1.54, 1.807) is 18.3 Å². The van der Waals surface area contributed by atoms with E-state index in [1.165, 1.54) is 19.5 Å². The van der Waals surface area contributed by atoms with Crippen molar-refractivity contribution < 1.29 is 9.59 Å². The van der Waals surface area contributed by atoms with Gasteiger partial charge in [0.15, 0.2) is 0 Å². The minimum absolute atomic E-state index is 0.00910. The van der Waals surface area contributed by atoms with E-state index in [0.717, 1.165) is 44.2 Å². The first-order valence-electron chi connectivity index (χ1n) is 11.5. The molecular formula is C24H29N7O2. The standard InChI is InChI=1S/C24H29N7O2/c1-15(32)28-18-6-8-19(9-7-18)30-24(33)20-14-27-23(11-21(20)29-17-3-2-4-17)31-22-10-5-16(12-25)13-26-22/h5,10-11,13-14,17-19H,2-4,6-9H2,1H3,(H,28,32)(H,30,33)(H2,26,27,29,31). The van der Waals surface area contributed by atoms with Crippen LogP contribution in [0.15, 0.2) is 30.6 Å². The maximum Gasteiger partial charge on any atom is 0.255 e. The van der Waals surface area contributed by atoms with E-state index in [1.807, 2.05) is 12.1 Å². The summed E-state index contributed by atoms with van der Waals surface area (Å²) in [7, 11) is 0. The van der Waals surface area contributed by atoms with Crippen molar-refractivity contribution in [3.63, 3.8) is 0 Å². The topological polar surface area (TPSA) is 132 Å². The number of carbonyl (C=O) groups excluding carboxylic acids is 2. The Morgan fingerprint density at radius 2 is 1.64 bits per heavy atom. The second kappa shape index (κ2) is 10.3. The molecule has 2 aliphatic rings. The average molecular weight is 448 g/mol. The van der Waals surface area contributed by atoms with Gasteiger partial charge in [0.2, 0.25) is 5.91 Å². The molecule has 2 saturated carbocycles. The maximum atomic E-state index is 13.1. The van der Waals surface area contributed by atoms with Gasteiger partial charge >= 0.3 is 0 Å². The summed E-state index contributed by atoms with van der Waals surface area (Å²) in [5.41, 5.74) is 1.75. The number of nitrogens with zero attached hydrogens (tertiary/aromatic N) is 3. The summed E-state index contributed by atoms with van der Waals surface area (Å²) in [5.74, 6) is 0.992. The molecule has 0 radical (unpaired) electrons. The zero-order valence-corrected chi connectivity index (χ0v) is 18.7. The van der Waals surface area contributed by atoms with E-state index in [-0.39, 0.29) is 23.9 Å². The van der Waals surface area contributed by atoms with Gasteiger partial charge in [-0.2, -0.15) is 5.26 Å². The highest BCUT2D eigenvalue weighted by Gasteiger charge is 2.25. The first kappa shape index (κ1) is 22.5. The Balaban J connectivity index is 1.44. The van der Waals surface area contributed by atoms with Crippen molar-refractivity contribution in [1.82, 2.24) is 20.6 Å². The number of rotatable bonds is 7. The van der Waals surface area contributed by atoms with Crippen LogP contribution in [0.5, 0.6) is 0 Å². The van der Waals surface area contributed by atoms with E-state index < -0.39 is 0 Å². The number of nitrogens with one attached hydrogen (secondary N) is 4. The third kappa shape index (κ3) is 5.98. The number of pyridine rings is 2. The van der Waals surface area contributed by atoms with Crippen molar-refractivity contribution in [2.24, 2.45) is 0 Å². The first-order chi connectivity index (χ1) is 16.0. The van der Waals surface area contributed by atoms with E-state index in [0.29, 0.717) is 28.8 Å². The molecular weight excluding hydrogens is 418 g/mol. The molecule has 2 aromatic rings. The fourth-order valence-corrected chi connectivity index (χ4v) is 4.19. The van der Waals surface area contributed by atoms with Crippen molar-refractivity contribution in [1.29, 1.82) is 5.26 Å². The Bertz CT molecular complexity index is 1040. The van der Waals surface area contributed by atoms with Gasteiger partial charge in [0.05, 0.1) is 16.8 Å². The Morgan fingerprint density at radius 3 is 2.21 bits per heavy atom. The molecule has 0 unspecified atom stereocenters.